The molecule has 0 saturated carbocycles. The SMILES string of the molecule is CC(C)NCCOCCOCCOCCOSS. The molecule has 0 amide bonds. The van der Waals surface area contributed by atoms with Crippen molar-refractivity contribution in [2.24, 2.45) is 0 Å². The van der Waals surface area contributed by atoms with Gasteiger partial charge < -0.3 is 23.7 Å². The van der Waals surface area contributed by atoms with E-state index in [1.54, 1.807) is 0 Å². The predicted molar refractivity (Wildman–Crippen MR) is 78.1 cm³/mol. The lowest BCUT2D eigenvalue weighted by molar-refractivity contribution is 0.0108. The molecule has 0 fully saturated rings. The van der Waals surface area contributed by atoms with E-state index in [4.69, 9.17) is 18.4 Å². The molecule has 0 saturated heterocycles. The fourth-order valence-electron chi connectivity index (χ4n) is 1.09. The zero-order chi connectivity index (χ0) is 13.5. The molecule has 0 aromatic rings. The third-order valence-electron chi connectivity index (χ3n) is 1.91. The normalized spacial score (nSPS) is 11.3. The van der Waals surface area contributed by atoms with Crippen molar-refractivity contribution in [3.63, 3.8) is 0 Å². The smallest absolute Gasteiger partial charge is 0.0858 e. The number of nitrogens with one attached hydrogen (secondary N) is 1. The van der Waals surface area contributed by atoms with Crippen molar-refractivity contribution in [2.75, 3.05) is 52.8 Å². The van der Waals surface area contributed by atoms with Crippen LogP contribution in [-0.4, -0.2) is 58.8 Å². The van der Waals surface area contributed by atoms with Gasteiger partial charge in [-0.2, -0.15) is 0 Å². The Kier molecular flexibility index (Phi) is 16.0. The van der Waals surface area contributed by atoms with Gasteiger partial charge in [0.15, 0.2) is 0 Å². The molecule has 0 unspecified atom stereocenters. The van der Waals surface area contributed by atoms with Gasteiger partial charge >= 0.3 is 0 Å². The Bertz CT molecular complexity index is 164. The first-order valence-electron chi connectivity index (χ1n) is 6.17. The summed E-state index contributed by atoms with van der Waals surface area (Å²) >= 11 is 4.88. The number of thiol groups is 1. The van der Waals surface area contributed by atoms with E-state index >= 15 is 0 Å². The second-order valence-electron chi connectivity index (χ2n) is 3.84. The van der Waals surface area contributed by atoms with Crippen LogP contribution in [0.3, 0.4) is 0 Å². The largest absolute Gasteiger partial charge is 0.378 e. The summed E-state index contributed by atoms with van der Waals surface area (Å²) in [4.78, 5) is 0. The minimum Gasteiger partial charge on any atom is -0.378 e. The first kappa shape index (κ1) is 18.5. The van der Waals surface area contributed by atoms with E-state index in [-0.39, 0.29) is 0 Å². The minimum absolute atomic E-state index is 0.506. The Labute approximate surface area is 119 Å². The Morgan fingerprint density at radius 3 is 1.89 bits per heavy atom. The fraction of sp³-hybridized carbons (Fsp3) is 1.00. The lowest BCUT2D eigenvalue weighted by Gasteiger charge is -2.09. The quantitative estimate of drug-likeness (QED) is 0.220. The lowest BCUT2D eigenvalue weighted by Crippen LogP contribution is -2.27. The summed E-state index contributed by atoms with van der Waals surface area (Å²) < 4.78 is 20.9. The summed E-state index contributed by atoms with van der Waals surface area (Å²) in [6.45, 7) is 9.33. The summed E-state index contributed by atoms with van der Waals surface area (Å²) in [5.41, 5.74) is 0. The molecule has 0 radical (unpaired) electrons. The van der Waals surface area contributed by atoms with Crippen LogP contribution in [0.5, 0.6) is 0 Å². The summed E-state index contributed by atoms with van der Waals surface area (Å²) in [6.07, 6.45) is 0. The molecule has 7 heteroatoms. The van der Waals surface area contributed by atoms with Crippen LogP contribution in [0.2, 0.25) is 0 Å². The van der Waals surface area contributed by atoms with Gasteiger partial charge in [0.1, 0.15) is 0 Å². The molecule has 0 aliphatic rings. The monoisotopic (exact) mass is 299 g/mol. The van der Waals surface area contributed by atoms with E-state index in [9.17, 15) is 0 Å². The first-order valence-corrected chi connectivity index (χ1v) is 7.96. The van der Waals surface area contributed by atoms with Crippen LogP contribution in [0.4, 0.5) is 0 Å². The van der Waals surface area contributed by atoms with Crippen molar-refractivity contribution in [1.82, 2.24) is 5.32 Å². The molecule has 0 aromatic carbocycles. The van der Waals surface area contributed by atoms with E-state index in [2.05, 4.69) is 30.8 Å². The van der Waals surface area contributed by atoms with Gasteiger partial charge in [-0.1, -0.05) is 25.5 Å². The Hall–Kier alpha value is 0.500. The molecule has 0 aliphatic heterocycles. The Morgan fingerprint density at radius 1 is 0.889 bits per heavy atom. The maximum Gasteiger partial charge on any atom is 0.0858 e. The summed E-state index contributed by atoms with van der Waals surface area (Å²) in [6, 6.07) is 0.506. The topological polar surface area (TPSA) is 49.0 Å². The second-order valence-corrected chi connectivity index (χ2v) is 4.67. The van der Waals surface area contributed by atoms with Crippen LogP contribution >= 0.6 is 22.7 Å². The van der Waals surface area contributed by atoms with Gasteiger partial charge in [-0.3, -0.25) is 0 Å². The molecule has 0 spiro atoms. The van der Waals surface area contributed by atoms with Gasteiger partial charge in [-0.15, -0.1) is 0 Å². The maximum absolute atomic E-state index is 5.38. The highest BCUT2D eigenvalue weighted by Gasteiger charge is 1.93. The predicted octanol–water partition coefficient (Wildman–Crippen LogP) is 1.54. The van der Waals surface area contributed by atoms with Gasteiger partial charge in [-0.25, -0.2) is 0 Å². The van der Waals surface area contributed by atoms with E-state index in [1.807, 2.05) is 0 Å². The van der Waals surface area contributed by atoms with Gasteiger partial charge in [0, 0.05) is 12.6 Å². The van der Waals surface area contributed by atoms with Crippen LogP contribution in [0.1, 0.15) is 13.8 Å². The highest BCUT2D eigenvalue weighted by Crippen LogP contribution is 2.04. The van der Waals surface area contributed by atoms with E-state index < -0.39 is 0 Å². The van der Waals surface area contributed by atoms with Crippen molar-refractivity contribution in [2.45, 2.75) is 19.9 Å². The molecular weight excluding hydrogens is 274 g/mol. The highest BCUT2D eigenvalue weighted by molar-refractivity contribution is 8.66. The molecule has 1 N–H and O–H groups in total. The van der Waals surface area contributed by atoms with Crippen molar-refractivity contribution in [3.8, 4) is 0 Å². The molecule has 110 valence electrons. The second kappa shape index (κ2) is 15.6. The van der Waals surface area contributed by atoms with Gasteiger partial charge in [-0.05, 0) is 0 Å². The molecule has 5 nitrogen and oxygen atoms in total. The third kappa shape index (κ3) is 16.5. The summed E-state index contributed by atoms with van der Waals surface area (Å²) in [5.74, 6) is 0. The molecule has 0 aliphatic carbocycles. The summed E-state index contributed by atoms with van der Waals surface area (Å²) in [7, 11) is 0. The number of hydrogen-bond donors (Lipinski definition) is 2. The van der Waals surface area contributed by atoms with E-state index in [0.717, 1.165) is 24.2 Å². The zero-order valence-electron chi connectivity index (χ0n) is 11.2. The van der Waals surface area contributed by atoms with Gasteiger partial charge in [0.25, 0.3) is 0 Å². The molecule has 0 aromatic heterocycles. The number of hydrogen-bond acceptors (Lipinski definition) is 7. The van der Waals surface area contributed by atoms with Crippen LogP contribution in [0.25, 0.3) is 0 Å². The average Bonchev–Trinajstić information content (AvgIpc) is 2.34. The Balaban J connectivity index is 2.90. The van der Waals surface area contributed by atoms with Crippen molar-refractivity contribution < 1.29 is 18.4 Å². The Morgan fingerprint density at radius 2 is 1.39 bits per heavy atom. The fourth-order valence-corrected chi connectivity index (χ4v) is 1.46. The number of rotatable bonds is 14. The minimum atomic E-state index is 0.506. The van der Waals surface area contributed by atoms with Gasteiger partial charge in [0.05, 0.1) is 57.3 Å². The van der Waals surface area contributed by atoms with Crippen LogP contribution in [-0.2, 0) is 18.4 Å². The van der Waals surface area contributed by atoms with Gasteiger partial charge in [0.2, 0.25) is 0 Å². The lowest BCUT2D eigenvalue weighted by atomic mass is 10.4. The van der Waals surface area contributed by atoms with Crippen molar-refractivity contribution in [3.05, 3.63) is 0 Å². The van der Waals surface area contributed by atoms with Crippen LogP contribution < -0.4 is 5.32 Å². The van der Waals surface area contributed by atoms with Crippen molar-refractivity contribution in [1.29, 1.82) is 0 Å². The van der Waals surface area contributed by atoms with Crippen LogP contribution in [0.15, 0.2) is 0 Å². The average molecular weight is 299 g/mol. The molecule has 18 heavy (non-hydrogen) atoms. The number of ether oxygens (including phenoxy) is 3. The molecule has 0 atom stereocenters. The molecule has 0 heterocycles. The molecule has 0 rings (SSSR count). The molecular formula is C11H25NO4S2. The highest BCUT2D eigenvalue weighted by atomic mass is 33.1. The van der Waals surface area contributed by atoms with E-state index in [0.29, 0.717) is 45.7 Å². The summed E-state index contributed by atoms with van der Waals surface area (Å²) in [5, 5.41) is 3.28. The molecule has 0 bridgehead atoms. The first-order chi connectivity index (χ1) is 8.77. The maximum atomic E-state index is 5.38. The van der Waals surface area contributed by atoms with Crippen LogP contribution in [0, 0.1) is 0 Å². The standard InChI is InChI=1S/C11H25NO4S2/c1-11(2)12-3-4-13-5-6-14-7-8-15-9-10-16-18-17/h11-12,17H,3-10H2,1-2H3. The zero-order valence-corrected chi connectivity index (χ0v) is 12.9. The van der Waals surface area contributed by atoms with E-state index in [1.165, 1.54) is 0 Å². The van der Waals surface area contributed by atoms with Crippen molar-refractivity contribution >= 4 is 22.7 Å². The third-order valence-corrected chi connectivity index (χ3v) is 2.50.